The van der Waals surface area contributed by atoms with Crippen LogP contribution in [0, 0.1) is 17.0 Å². The number of benzene rings is 1. The number of hydrogen-bond acceptors (Lipinski definition) is 1. The third-order valence-corrected chi connectivity index (χ3v) is 2.82. The van der Waals surface area contributed by atoms with Gasteiger partial charge in [0.05, 0.1) is 0 Å². The highest BCUT2D eigenvalue weighted by Gasteiger charge is 2.16. The van der Waals surface area contributed by atoms with Gasteiger partial charge in [0.15, 0.2) is 0 Å². The van der Waals surface area contributed by atoms with Crippen LogP contribution in [0.3, 0.4) is 0 Å². The van der Waals surface area contributed by atoms with Gasteiger partial charge in [-0.15, -0.1) is 11.6 Å². The molecule has 17 heavy (non-hydrogen) atoms. The molecule has 0 amide bonds. The van der Waals surface area contributed by atoms with Crippen molar-refractivity contribution in [3.63, 3.8) is 0 Å². The van der Waals surface area contributed by atoms with Gasteiger partial charge < -0.3 is 5.32 Å². The van der Waals surface area contributed by atoms with Crippen molar-refractivity contribution in [1.82, 2.24) is 5.32 Å². The maximum atomic E-state index is 12.9. The highest BCUT2D eigenvalue weighted by Crippen LogP contribution is 2.19. The Kier molecular flexibility index (Phi) is 5.34. The van der Waals surface area contributed by atoms with Gasteiger partial charge in [-0.25, -0.2) is 8.78 Å². The van der Waals surface area contributed by atoms with Crippen molar-refractivity contribution in [1.29, 1.82) is 0 Å². The Morgan fingerprint density at radius 2 is 1.76 bits per heavy atom. The molecule has 0 atom stereocenters. The molecule has 0 aromatic heterocycles. The summed E-state index contributed by atoms with van der Waals surface area (Å²) in [5.41, 5.74) is 0.706. The highest BCUT2D eigenvalue weighted by molar-refractivity contribution is 6.17. The summed E-state index contributed by atoms with van der Waals surface area (Å²) in [6, 6.07) is 3.55. The third-order valence-electron chi connectivity index (χ3n) is 2.63. The second-order valence-electron chi connectivity index (χ2n) is 4.98. The van der Waals surface area contributed by atoms with E-state index in [4.69, 9.17) is 11.6 Å². The van der Waals surface area contributed by atoms with E-state index in [0.717, 1.165) is 19.0 Å². The fourth-order valence-electron chi connectivity index (χ4n) is 1.60. The summed E-state index contributed by atoms with van der Waals surface area (Å²) >= 11 is 5.70. The van der Waals surface area contributed by atoms with Crippen LogP contribution < -0.4 is 5.32 Å². The van der Waals surface area contributed by atoms with Gasteiger partial charge in [0.1, 0.15) is 11.6 Å². The average Bonchev–Trinajstić information content (AvgIpc) is 2.15. The predicted molar refractivity (Wildman–Crippen MR) is 67.2 cm³/mol. The second-order valence-corrected chi connectivity index (χ2v) is 5.36. The van der Waals surface area contributed by atoms with Gasteiger partial charge in [0.2, 0.25) is 0 Å². The standard InChI is InChI=1S/C13H18ClF2N/c1-13(2,3-4-14)9-17-8-10-5-11(15)7-12(16)6-10/h5-7,17H,3-4,8-9H2,1-2H3. The molecule has 0 bridgehead atoms. The maximum absolute atomic E-state index is 12.9. The molecule has 1 nitrogen and oxygen atoms in total. The minimum atomic E-state index is -0.540. The van der Waals surface area contributed by atoms with Crippen molar-refractivity contribution < 1.29 is 8.78 Å². The van der Waals surface area contributed by atoms with Crippen molar-refractivity contribution in [2.24, 2.45) is 5.41 Å². The first-order valence-electron chi connectivity index (χ1n) is 5.65. The van der Waals surface area contributed by atoms with Gasteiger partial charge in [0.25, 0.3) is 0 Å². The maximum Gasteiger partial charge on any atom is 0.126 e. The molecule has 0 unspecified atom stereocenters. The first kappa shape index (κ1) is 14.4. The molecule has 1 aromatic carbocycles. The van der Waals surface area contributed by atoms with E-state index in [2.05, 4.69) is 19.2 Å². The highest BCUT2D eigenvalue weighted by atomic mass is 35.5. The lowest BCUT2D eigenvalue weighted by molar-refractivity contribution is 0.329. The number of rotatable bonds is 6. The molecule has 0 heterocycles. The van der Waals surface area contributed by atoms with Crippen LogP contribution in [0.2, 0.25) is 0 Å². The van der Waals surface area contributed by atoms with Crippen LogP contribution in [0.15, 0.2) is 18.2 Å². The molecule has 96 valence electrons. The average molecular weight is 262 g/mol. The molecule has 4 heteroatoms. The summed E-state index contributed by atoms with van der Waals surface area (Å²) in [6.45, 7) is 5.43. The van der Waals surface area contributed by atoms with E-state index in [1.54, 1.807) is 0 Å². The van der Waals surface area contributed by atoms with E-state index < -0.39 is 11.6 Å². The van der Waals surface area contributed by atoms with Gasteiger partial charge >= 0.3 is 0 Å². The van der Waals surface area contributed by atoms with E-state index in [-0.39, 0.29) is 5.41 Å². The van der Waals surface area contributed by atoms with Crippen LogP contribution in [-0.4, -0.2) is 12.4 Å². The molecule has 0 aliphatic heterocycles. The third kappa shape index (κ3) is 5.46. The summed E-state index contributed by atoms with van der Waals surface area (Å²) in [5.74, 6) is -0.466. The normalized spacial score (nSPS) is 11.8. The SMILES string of the molecule is CC(C)(CCCl)CNCc1cc(F)cc(F)c1. The fraction of sp³-hybridized carbons (Fsp3) is 0.538. The summed E-state index contributed by atoms with van der Waals surface area (Å²) in [7, 11) is 0. The summed E-state index contributed by atoms with van der Waals surface area (Å²) in [5, 5.41) is 3.19. The largest absolute Gasteiger partial charge is 0.312 e. The van der Waals surface area contributed by atoms with Crippen molar-refractivity contribution in [3.8, 4) is 0 Å². The molecular weight excluding hydrogens is 244 g/mol. The smallest absolute Gasteiger partial charge is 0.126 e. The van der Waals surface area contributed by atoms with Crippen LogP contribution in [0.25, 0.3) is 0 Å². The number of halogens is 3. The number of alkyl halides is 1. The molecule has 0 radical (unpaired) electrons. The first-order valence-corrected chi connectivity index (χ1v) is 6.18. The predicted octanol–water partition coefficient (Wildman–Crippen LogP) is 3.71. The van der Waals surface area contributed by atoms with E-state index in [0.29, 0.717) is 18.0 Å². The van der Waals surface area contributed by atoms with E-state index in [9.17, 15) is 8.78 Å². The van der Waals surface area contributed by atoms with Gasteiger partial charge in [-0.1, -0.05) is 13.8 Å². The molecule has 0 saturated carbocycles. The second kappa shape index (κ2) is 6.31. The molecule has 0 spiro atoms. The number of nitrogens with one attached hydrogen (secondary N) is 1. The van der Waals surface area contributed by atoms with Crippen molar-refractivity contribution in [2.45, 2.75) is 26.8 Å². The van der Waals surface area contributed by atoms with E-state index in [1.807, 2.05) is 0 Å². The zero-order valence-electron chi connectivity index (χ0n) is 10.2. The summed E-state index contributed by atoms with van der Waals surface area (Å²) in [6.07, 6.45) is 0.902. The minimum Gasteiger partial charge on any atom is -0.312 e. The van der Waals surface area contributed by atoms with Crippen molar-refractivity contribution in [3.05, 3.63) is 35.4 Å². The van der Waals surface area contributed by atoms with Crippen LogP contribution >= 0.6 is 11.6 Å². The quantitative estimate of drug-likeness (QED) is 0.770. The fourth-order valence-corrected chi connectivity index (χ4v) is 2.11. The molecule has 1 rings (SSSR count). The Labute approximate surface area is 106 Å². The lowest BCUT2D eigenvalue weighted by Gasteiger charge is -2.23. The lowest BCUT2D eigenvalue weighted by atomic mass is 9.90. The van der Waals surface area contributed by atoms with E-state index >= 15 is 0 Å². The van der Waals surface area contributed by atoms with Crippen molar-refractivity contribution >= 4 is 11.6 Å². The van der Waals surface area contributed by atoms with Crippen LogP contribution in [0.5, 0.6) is 0 Å². The van der Waals surface area contributed by atoms with Crippen LogP contribution in [-0.2, 0) is 6.54 Å². The molecule has 0 aliphatic rings. The topological polar surface area (TPSA) is 12.0 Å². The summed E-state index contributed by atoms with van der Waals surface area (Å²) < 4.78 is 25.8. The summed E-state index contributed by atoms with van der Waals surface area (Å²) in [4.78, 5) is 0. The van der Waals surface area contributed by atoms with Crippen LogP contribution in [0.4, 0.5) is 8.78 Å². The Morgan fingerprint density at radius 3 is 2.29 bits per heavy atom. The Morgan fingerprint density at radius 1 is 1.18 bits per heavy atom. The molecule has 1 aromatic rings. The zero-order chi connectivity index (χ0) is 12.9. The Balaban J connectivity index is 2.45. The minimum absolute atomic E-state index is 0.0909. The molecule has 1 N–H and O–H groups in total. The van der Waals surface area contributed by atoms with Gasteiger partial charge in [-0.2, -0.15) is 0 Å². The lowest BCUT2D eigenvalue weighted by Crippen LogP contribution is -2.29. The molecular formula is C13H18ClF2N. The van der Waals surface area contributed by atoms with E-state index in [1.165, 1.54) is 12.1 Å². The zero-order valence-corrected chi connectivity index (χ0v) is 11.0. The first-order chi connectivity index (χ1) is 7.93. The Hall–Kier alpha value is -0.670. The monoisotopic (exact) mass is 261 g/mol. The Bertz CT molecular complexity index is 346. The van der Waals surface area contributed by atoms with Gasteiger partial charge in [-0.3, -0.25) is 0 Å². The van der Waals surface area contributed by atoms with Crippen molar-refractivity contribution in [2.75, 3.05) is 12.4 Å². The number of hydrogen-bond donors (Lipinski definition) is 1. The molecule has 0 saturated heterocycles. The van der Waals surface area contributed by atoms with Crippen LogP contribution in [0.1, 0.15) is 25.8 Å². The molecule has 0 aliphatic carbocycles. The van der Waals surface area contributed by atoms with Gasteiger partial charge in [-0.05, 0) is 29.5 Å². The van der Waals surface area contributed by atoms with Gasteiger partial charge in [0, 0.05) is 25.0 Å². The molecule has 0 fully saturated rings.